The molecule has 0 saturated heterocycles. The van der Waals surface area contributed by atoms with Crippen LogP contribution in [0.25, 0.3) is 44.5 Å². The summed E-state index contributed by atoms with van der Waals surface area (Å²) in [5.41, 5.74) is 1.26. The second-order valence-electron chi connectivity index (χ2n) is 11.4. The van der Waals surface area contributed by atoms with Crippen LogP contribution in [-0.2, 0) is 26.5 Å². The van der Waals surface area contributed by atoms with Gasteiger partial charge in [0.05, 0.1) is 5.58 Å². The molecule has 0 fully saturated rings. The van der Waals surface area contributed by atoms with Crippen LogP contribution in [0.3, 0.4) is 0 Å². The van der Waals surface area contributed by atoms with Gasteiger partial charge in [-0.2, -0.15) is 0 Å². The van der Waals surface area contributed by atoms with E-state index in [1.807, 2.05) is 73.8 Å². The average Bonchev–Trinajstić information content (AvgIpc) is 3.42. The van der Waals surface area contributed by atoms with Gasteiger partial charge in [-0.25, -0.2) is 0 Å². The van der Waals surface area contributed by atoms with E-state index in [4.69, 9.17) is 19.5 Å². The minimum Gasteiger partial charge on any atom is -0.501 e. The molecule has 0 amide bonds. The Morgan fingerprint density at radius 1 is 0.907 bits per heavy atom. The standard InChI is InChI=1S/C26H30NOSi.C12H10N.Ir/c1-17-14-21(27-16-18(17)15-26(2,3)4)19-12-13-23(29(5,6)7)24-20-10-8-9-11-22(20)28-25(19)24;1-10-7-8-12(13-9-10)11-5-3-2-4-6-11;/h8-11,13-14,16H,15H2,1-7H3;2-5,7-9H,1H3;/q2*-1;/i2D3,3D3,4D3,15D2;;. The molecule has 0 unspecified atom stereocenters. The van der Waals surface area contributed by atoms with E-state index < -0.39 is 46.0 Å². The van der Waals surface area contributed by atoms with Crippen molar-refractivity contribution in [3.05, 3.63) is 114 Å². The van der Waals surface area contributed by atoms with Gasteiger partial charge < -0.3 is 14.4 Å². The molecule has 0 atom stereocenters. The van der Waals surface area contributed by atoms with Gasteiger partial charge in [0.15, 0.2) is 0 Å². The molecule has 3 aromatic heterocycles. The first-order valence-corrected chi connectivity index (χ1v) is 17.2. The van der Waals surface area contributed by atoms with E-state index in [0.29, 0.717) is 22.4 Å². The molecule has 0 saturated carbocycles. The molecular formula is C38H40IrN2OSi-2. The predicted octanol–water partition coefficient (Wildman–Crippen LogP) is 9.75. The summed E-state index contributed by atoms with van der Waals surface area (Å²) in [6, 6.07) is 29.4. The largest absolute Gasteiger partial charge is 0.501 e. The maximum absolute atomic E-state index is 8.78. The fourth-order valence-electron chi connectivity index (χ4n) is 4.76. The Morgan fingerprint density at radius 2 is 1.65 bits per heavy atom. The number of benzene rings is 3. The van der Waals surface area contributed by atoms with Gasteiger partial charge in [-0.15, -0.1) is 53.2 Å². The summed E-state index contributed by atoms with van der Waals surface area (Å²) in [7, 11) is -1.84. The number of fused-ring (bicyclic) bond motifs is 3. The molecule has 0 aliphatic carbocycles. The number of pyridine rings is 2. The van der Waals surface area contributed by atoms with Crippen molar-refractivity contribution in [1.82, 2.24) is 9.97 Å². The average molecular weight is 772 g/mol. The van der Waals surface area contributed by atoms with Crippen molar-refractivity contribution in [3.63, 3.8) is 0 Å². The van der Waals surface area contributed by atoms with Gasteiger partial charge in [0, 0.05) is 61.0 Å². The van der Waals surface area contributed by atoms with Crippen molar-refractivity contribution in [1.29, 1.82) is 0 Å². The molecule has 0 N–H and O–H groups in total. The number of aromatic nitrogens is 2. The van der Waals surface area contributed by atoms with Crippen LogP contribution in [0.15, 0.2) is 89.6 Å². The molecular weight excluding hydrogens is 721 g/mol. The number of hydrogen-bond acceptors (Lipinski definition) is 3. The van der Waals surface area contributed by atoms with Crippen molar-refractivity contribution in [2.24, 2.45) is 5.41 Å². The third kappa shape index (κ3) is 7.59. The second-order valence-corrected chi connectivity index (χ2v) is 16.4. The molecule has 3 aromatic carbocycles. The summed E-state index contributed by atoms with van der Waals surface area (Å²) in [6.45, 7) is -0.993. The third-order valence-electron chi connectivity index (χ3n) is 6.85. The minimum atomic E-state index is -3.72. The summed E-state index contributed by atoms with van der Waals surface area (Å²) in [5.74, 6) is 0. The van der Waals surface area contributed by atoms with Crippen molar-refractivity contribution >= 4 is 35.2 Å². The molecule has 0 aliphatic heterocycles. The Labute approximate surface area is 286 Å². The monoisotopic (exact) mass is 772 g/mol. The SMILES string of the molecule is Cc1ccc(-c2[c-]cccc2)nc1.[2H]C([2H])([2H])C(C([2H])([2H])[2H])(C([2H])([2H])[2H])C([2H])([2H])c1cnc(-c2[c-]cc([Si](C)(C)C)c3c2oc2ccccc23)cc1C.[Ir]. The van der Waals surface area contributed by atoms with Crippen LogP contribution in [0.2, 0.25) is 19.6 Å². The molecule has 3 nitrogen and oxygen atoms in total. The fourth-order valence-corrected chi connectivity index (χ4v) is 6.26. The van der Waals surface area contributed by atoms with E-state index in [-0.39, 0.29) is 25.7 Å². The molecule has 43 heavy (non-hydrogen) atoms. The second kappa shape index (κ2) is 13.1. The van der Waals surface area contributed by atoms with Crippen molar-refractivity contribution < 1.29 is 39.6 Å². The van der Waals surface area contributed by atoms with E-state index in [0.717, 1.165) is 33.4 Å². The van der Waals surface area contributed by atoms with Gasteiger partial charge >= 0.3 is 0 Å². The Balaban J connectivity index is 0.000000389. The smallest absolute Gasteiger partial charge is 0.120 e. The van der Waals surface area contributed by atoms with Crippen molar-refractivity contribution in [2.45, 2.75) is 60.4 Å². The molecule has 0 spiro atoms. The van der Waals surface area contributed by atoms with E-state index in [2.05, 4.69) is 47.8 Å². The topological polar surface area (TPSA) is 38.9 Å². The van der Waals surface area contributed by atoms with Crippen LogP contribution < -0.4 is 5.19 Å². The summed E-state index contributed by atoms with van der Waals surface area (Å²) >= 11 is 0. The fraction of sp³-hybridized carbons (Fsp3) is 0.263. The first-order valence-electron chi connectivity index (χ1n) is 19.2. The first kappa shape index (κ1) is 20.6. The number of para-hydroxylation sites is 1. The van der Waals surface area contributed by atoms with Crippen LogP contribution in [0.1, 0.15) is 52.3 Å². The summed E-state index contributed by atoms with van der Waals surface area (Å²) < 4.78 is 95.4. The molecule has 5 heteroatoms. The number of aryl methyl sites for hydroxylation is 2. The maximum atomic E-state index is 8.78. The van der Waals surface area contributed by atoms with Gasteiger partial charge in [-0.1, -0.05) is 93.1 Å². The van der Waals surface area contributed by atoms with E-state index >= 15 is 0 Å². The van der Waals surface area contributed by atoms with Gasteiger partial charge in [-0.3, -0.25) is 0 Å². The predicted molar refractivity (Wildman–Crippen MR) is 180 cm³/mol. The van der Waals surface area contributed by atoms with Crippen LogP contribution in [0.4, 0.5) is 0 Å². The van der Waals surface area contributed by atoms with Crippen molar-refractivity contribution in [2.75, 3.05) is 0 Å². The van der Waals surface area contributed by atoms with Gasteiger partial charge in [0.25, 0.3) is 0 Å². The molecule has 223 valence electrons. The summed E-state index contributed by atoms with van der Waals surface area (Å²) in [5, 5.41) is 3.01. The number of nitrogens with zero attached hydrogens (tertiary/aromatic N) is 2. The zero-order chi connectivity index (χ0) is 39.4. The van der Waals surface area contributed by atoms with Crippen LogP contribution in [0, 0.1) is 31.4 Å². The van der Waals surface area contributed by atoms with Crippen LogP contribution in [-0.4, -0.2) is 18.0 Å². The van der Waals surface area contributed by atoms with Crippen LogP contribution in [0.5, 0.6) is 0 Å². The number of furan rings is 1. The van der Waals surface area contributed by atoms with E-state index in [9.17, 15) is 0 Å². The maximum Gasteiger partial charge on any atom is 0.120 e. The minimum absolute atomic E-state index is 0. The molecule has 0 aliphatic rings. The van der Waals surface area contributed by atoms with Crippen LogP contribution >= 0.6 is 0 Å². The summed E-state index contributed by atoms with van der Waals surface area (Å²) in [6.07, 6.45) is -0.446. The van der Waals surface area contributed by atoms with Gasteiger partial charge in [-0.05, 0) is 54.2 Å². The molecule has 6 rings (SSSR count). The normalized spacial score (nSPS) is 16.6. The Hall–Kier alpha value is -3.37. The first-order chi connectivity index (χ1) is 24.4. The van der Waals surface area contributed by atoms with Gasteiger partial charge in [0.2, 0.25) is 0 Å². The molecule has 6 aromatic rings. The quantitative estimate of drug-likeness (QED) is 0.132. The third-order valence-corrected chi connectivity index (χ3v) is 8.86. The van der Waals surface area contributed by atoms with E-state index in [1.165, 1.54) is 18.6 Å². The summed E-state index contributed by atoms with van der Waals surface area (Å²) in [4.78, 5) is 8.69. The number of hydrogen-bond donors (Lipinski definition) is 0. The number of rotatable bonds is 4. The zero-order valence-electron chi connectivity index (χ0n) is 35.7. The Morgan fingerprint density at radius 3 is 2.30 bits per heavy atom. The Kier molecular flexibility index (Phi) is 6.26. The zero-order valence-corrected chi connectivity index (χ0v) is 28.1. The Bertz CT molecular complexity index is 2210. The molecule has 0 bridgehead atoms. The molecule has 1 radical (unpaired) electrons. The van der Waals surface area contributed by atoms with Gasteiger partial charge in [0.1, 0.15) is 5.58 Å². The molecule has 3 heterocycles. The van der Waals surface area contributed by atoms with Crippen molar-refractivity contribution in [3.8, 4) is 22.5 Å². The van der Waals surface area contributed by atoms with E-state index in [1.54, 1.807) is 0 Å².